The van der Waals surface area contributed by atoms with Crippen LogP contribution in [0.25, 0.3) is 0 Å². The van der Waals surface area contributed by atoms with Crippen LogP contribution in [0.1, 0.15) is 33.8 Å². The van der Waals surface area contributed by atoms with Crippen molar-refractivity contribution in [2.75, 3.05) is 14.1 Å². The van der Waals surface area contributed by atoms with Crippen LogP contribution in [0.15, 0.2) is 64.8 Å². The van der Waals surface area contributed by atoms with Gasteiger partial charge in [0.2, 0.25) is 0 Å². The summed E-state index contributed by atoms with van der Waals surface area (Å²) in [5.41, 5.74) is 4.06. The summed E-state index contributed by atoms with van der Waals surface area (Å²) >= 11 is 3.55. The molecule has 3 rings (SSSR count). The van der Waals surface area contributed by atoms with Crippen LogP contribution in [0.5, 0.6) is 0 Å². The number of carbonyl (C=O) groups excluding carboxylic acids is 1. The molecule has 0 aliphatic heterocycles. The first-order valence-electron chi connectivity index (χ1n) is 7.32. The molecule has 1 unspecified atom stereocenters. The van der Waals surface area contributed by atoms with Crippen LogP contribution in [0.4, 0.5) is 0 Å². The minimum Gasteiger partial charge on any atom is -0.383 e. The van der Waals surface area contributed by atoms with Crippen molar-refractivity contribution in [2.24, 2.45) is 0 Å². The van der Waals surface area contributed by atoms with Gasteiger partial charge in [-0.15, -0.1) is 0 Å². The van der Waals surface area contributed by atoms with Crippen LogP contribution >= 0.6 is 15.9 Å². The van der Waals surface area contributed by atoms with E-state index in [0.29, 0.717) is 0 Å². The Labute approximate surface area is 139 Å². The number of carbonyl (C=O) groups is 1. The molecule has 22 heavy (non-hydrogen) atoms. The molecule has 0 amide bonds. The Morgan fingerprint density at radius 1 is 1.14 bits per heavy atom. The molecule has 2 aromatic rings. The molecule has 0 radical (unpaired) electrons. The van der Waals surface area contributed by atoms with E-state index < -0.39 is 0 Å². The van der Waals surface area contributed by atoms with Crippen molar-refractivity contribution in [3.05, 3.63) is 81.5 Å². The molecular formula is C19H18BrNO. The van der Waals surface area contributed by atoms with Gasteiger partial charge in [-0.1, -0.05) is 52.3 Å². The Kier molecular flexibility index (Phi) is 4.16. The fourth-order valence-electron chi connectivity index (χ4n) is 3.05. The third kappa shape index (κ3) is 2.86. The summed E-state index contributed by atoms with van der Waals surface area (Å²) in [6.07, 6.45) is 2.69. The molecule has 0 spiro atoms. The molecule has 0 saturated carbocycles. The predicted molar refractivity (Wildman–Crippen MR) is 93.1 cm³/mol. The molecule has 3 heteroatoms. The van der Waals surface area contributed by atoms with Gasteiger partial charge in [-0.25, -0.2) is 0 Å². The molecule has 1 atom stereocenters. The molecule has 0 heterocycles. The Morgan fingerprint density at radius 3 is 2.64 bits per heavy atom. The van der Waals surface area contributed by atoms with Gasteiger partial charge in [-0.2, -0.15) is 0 Å². The van der Waals surface area contributed by atoms with Crippen molar-refractivity contribution in [1.82, 2.24) is 4.90 Å². The summed E-state index contributed by atoms with van der Waals surface area (Å²) in [5.74, 6) is 0.369. The minimum atomic E-state index is 0.149. The monoisotopic (exact) mass is 355 g/mol. The maximum absolute atomic E-state index is 12.7. The van der Waals surface area contributed by atoms with Crippen LogP contribution in [0.3, 0.4) is 0 Å². The molecule has 0 bridgehead atoms. The van der Waals surface area contributed by atoms with E-state index in [1.807, 2.05) is 55.5 Å². The van der Waals surface area contributed by atoms with Gasteiger partial charge in [0.25, 0.3) is 0 Å². The SMILES string of the molecule is CN(C)C=C1CC(c2cccc(Br)c2)c2ccccc2C1=O. The van der Waals surface area contributed by atoms with Crippen molar-refractivity contribution in [3.8, 4) is 0 Å². The molecule has 2 nitrogen and oxygen atoms in total. The predicted octanol–water partition coefficient (Wildman–Crippen LogP) is 4.61. The van der Waals surface area contributed by atoms with Crippen molar-refractivity contribution < 1.29 is 4.79 Å². The van der Waals surface area contributed by atoms with Gasteiger partial charge in [-0.05, 0) is 29.7 Å². The Balaban J connectivity index is 2.14. The summed E-state index contributed by atoms with van der Waals surface area (Å²) in [4.78, 5) is 14.6. The number of hydrogen-bond acceptors (Lipinski definition) is 2. The van der Waals surface area contributed by atoms with Crippen LogP contribution in [-0.2, 0) is 0 Å². The summed E-state index contributed by atoms with van der Waals surface area (Å²) in [5, 5.41) is 0. The molecule has 1 aliphatic carbocycles. The lowest BCUT2D eigenvalue weighted by Crippen LogP contribution is -2.21. The zero-order chi connectivity index (χ0) is 15.7. The molecule has 112 valence electrons. The number of hydrogen-bond donors (Lipinski definition) is 0. The van der Waals surface area contributed by atoms with Gasteiger partial charge in [0.15, 0.2) is 5.78 Å². The van der Waals surface area contributed by atoms with Gasteiger partial charge < -0.3 is 4.90 Å². The second-order valence-corrected chi connectivity index (χ2v) is 6.76. The number of benzene rings is 2. The highest BCUT2D eigenvalue weighted by Gasteiger charge is 2.30. The van der Waals surface area contributed by atoms with Crippen LogP contribution in [-0.4, -0.2) is 24.8 Å². The highest BCUT2D eigenvalue weighted by Crippen LogP contribution is 2.39. The van der Waals surface area contributed by atoms with E-state index in [4.69, 9.17) is 0 Å². The van der Waals surface area contributed by atoms with E-state index in [0.717, 1.165) is 27.6 Å². The number of rotatable bonds is 2. The third-order valence-corrected chi connectivity index (χ3v) is 4.45. The number of halogens is 1. The fraction of sp³-hybridized carbons (Fsp3) is 0.211. The smallest absolute Gasteiger partial charge is 0.190 e. The minimum absolute atomic E-state index is 0.149. The first-order chi connectivity index (χ1) is 10.6. The molecule has 1 aliphatic rings. The molecule has 0 fully saturated rings. The Hall–Kier alpha value is -1.87. The van der Waals surface area contributed by atoms with E-state index in [1.54, 1.807) is 0 Å². The van der Waals surface area contributed by atoms with Crippen molar-refractivity contribution in [3.63, 3.8) is 0 Å². The quantitative estimate of drug-likeness (QED) is 0.733. The van der Waals surface area contributed by atoms with Crippen molar-refractivity contribution >= 4 is 21.7 Å². The maximum atomic E-state index is 12.7. The lowest BCUT2D eigenvalue weighted by molar-refractivity contribution is 0.102. The van der Waals surface area contributed by atoms with Crippen LogP contribution < -0.4 is 0 Å². The van der Waals surface area contributed by atoms with E-state index in [1.165, 1.54) is 5.56 Å². The molecule has 0 saturated heterocycles. The fourth-order valence-corrected chi connectivity index (χ4v) is 3.46. The molecule has 2 aromatic carbocycles. The Morgan fingerprint density at radius 2 is 1.91 bits per heavy atom. The zero-order valence-electron chi connectivity index (χ0n) is 12.7. The maximum Gasteiger partial charge on any atom is 0.190 e. The average Bonchev–Trinajstić information content (AvgIpc) is 2.50. The summed E-state index contributed by atoms with van der Waals surface area (Å²) in [6, 6.07) is 16.3. The van der Waals surface area contributed by atoms with Crippen LogP contribution in [0.2, 0.25) is 0 Å². The second kappa shape index (κ2) is 6.09. The summed E-state index contributed by atoms with van der Waals surface area (Å²) in [6.45, 7) is 0. The van der Waals surface area contributed by atoms with E-state index in [-0.39, 0.29) is 11.7 Å². The molecule has 0 aromatic heterocycles. The van der Waals surface area contributed by atoms with Gasteiger partial charge in [-0.3, -0.25) is 4.79 Å². The van der Waals surface area contributed by atoms with E-state index in [2.05, 4.69) is 34.1 Å². The van der Waals surface area contributed by atoms with Gasteiger partial charge in [0.05, 0.1) is 0 Å². The molecule has 0 N–H and O–H groups in total. The standard InChI is InChI=1S/C19H18BrNO/c1-21(2)12-14-11-18(13-6-5-7-15(20)10-13)16-8-3-4-9-17(16)19(14)22/h3-10,12,18H,11H2,1-2H3. The highest BCUT2D eigenvalue weighted by molar-refractivity contribution is 9.10. The van der Waals surface area contributed by atoms with E-state index in [9.17, 15) is 4.79 Å². The lowest BCUT2D eigenvalue weighted by Gasteiger charge is -2.27. The van der Waals surface area contributed by atoms with Gasteiger partial charge >= 0.3 is 0 Å². The topological polar surface area (TPSA) is 20.3 Å². The summed E-state index contributed by atoms with van der Waals surface area (Å²) in [7, 11) is 3.91. The highest BCUT2D eigenvalue weighted by atomic mass is 79.9. The Bertz CT molecular complexity index is 749. The number of fused-ring (bicyclic) bond motifs is 1. The van der Waals surface area contributed by atoms with Crippen molar-refractivity contribution in [2.45, 2.75) is 12.3 Å². The first kappa shape index (κ1) is 15.0. The third-order valence-electron chi connectivity index (χ3n) is 3.96. The number of ketones is 1. The first-order valence-corrected chi connectivity index (χ1v) is 8.12. The zero-order valence-corrected chi connectivity index (χ0v) is 14.3. The largest absolute Gasteiger partial charge is 0.383 e. The summed E-state index contributed by atoms with van der Waals surface area (Å²) < 4.78 is 1.07. The van der Waals surface area contributed by atoms with Gasteiger partial charge in [0.1, 0.15) is 0 Å². The van der Waals surface area contributed by atoms with Crippen molar-refractivity contribution in [1.29, 1.82) is 0 Å². The van der Waals surface area contributed by atoms with Crippen LogP contribution in [0, 0.1) is 0 Å². The molecular weight excluding hydrogens is 338 g/mol. The second-order valence-electron chi connectivity index (χ2n) is 5.85. The average molecular weight is 356 g/mol. The van der Waals surface area contributed by atoms with Gasteiger partial charge in [0, 0.05) is 41.8 Å². The number of Topliss-reactive ketones (excluding diaryl/α,β-unsaturated/α-hetero) is 1. The normalized spacial score (nSPS) is 19.1. The number of nitrogens with zero attached hydrogens (tertiary/aromatic N) is 1. The number of allylic oxidation sites excluding steroid dienone is 1. The lowest BCUT2D eigenvalue weighted by atomic mass is 9.76. The van der Waals surface area contributed by atoms with E-state index >= 15 is 0 Å².